The molecule has 1 aromatic rings. The molecule has 0 aliphatic heterocycles. The third kappa shape index (κ3) is 5.39. The van der Waals surface area contributed by atoms with E-state index in [0.717, 1.165) is 16.8 Å². The number of hydrogen-bond donors (Lipinski definition) is 4. The molecule has 0 saturated heterocycles. The van der Waals surface area contributed by atoms with Gasteiger partial charge < -0.3 is 20.2 Å². The van der Waals surface area contributed by atoms with E-state index in [4.69, 9.17) is 14.9 Å². The Morgan fingerprint density at radius 3 is 2.71 bits per heavy atom. The second kappa shape index (κ2) is 6.23. The van der Waals surface area contributed by atoms with Gasteiger partial charge in [0.25, 0.3) is 0 Å². The molecular formula is C10H17N2O4P. The summed E-state index contributed by atoms with van der Waals surface area (Å²) in [6, 6.07) is 1.79. The van der Waals surface area contributed by atoms with Gasteiger partial charge in [0.2, 0.25) is 0 Å². The lowest BCUT2D eigenvalue weighted by molar-refractivity contribution is 0.280. The van der Waals surface area contributed by atoms with Crippen molar-refractivity contribution in [2.24, 2.45) is 0 Å². The summed E-state index contributed by atoms with van der Waals surface area (Å²) in [5, 5.41) is 12.1. The van der Waals surface area contributed by atoms with Crippen LogP contribution in [0.4, 0.5) is 0 Å². The summed E-state index contributed by atoms with van der Waals surface area (Å²) in [7, 11) is -3.94. The van der Waals surface area contributed by atoms with E-state index in [1.54, 1.807) is 12.3 Å². The molecule has 6 nitrogen and oxygen atoms in total. The number of pyridine rings is 1. The van der Waals surface area contributed by atoms with Gasteiger partial charge in [-0.1, -0.05) is 0 Å². The van der Waals surface area contributed by atoms with Gasteiger partial charge in [0.1, 0.15) is 0 Å². The van der Waals surface area contributed by atoms with Crippen molar-refractivity contribution in [3.8, 4) is 0 Å². The minimum Gasteiger partial charge on any atom is -0.392 e. The van der Waals surface area contributed by atoms with Gasteiger partial charge in [-0.3, -0.25) is 9.55 Å². The molecule has 0 atom stereocenters. The van der Waals surface area contributed by atoms with Crippen molar-refractivity contribution in [1.29, 1.82) is 0 Å². The average Bonchev–Trinajstić information content (AvgIpc) is 2.24. The molecule has 0 aliphatic carbocycles. The Balaban J connectivity index is 2.49. The number of aryl methyl sites for hydroxylation is 1. The second-order valence-corrected chi connectivity index (χ2v) is 5.59. The van der Waals surface area contributed by atoms with Gasteiger partial charge in [-0.25, -0.2) is 0 Å². The van der Waals surface area contributed by atoms with E-state index in [1.165, 1.54) is 0 Å². The third-order valence-electron chi connectivity index (χ3n) is 2.29. The maximum absolute atomic E-state index is 10.6. The molecule has 0 spiro atoms. The molecule has 0 fully saturated rings. The van der Waals surface area contributed by atoms with E-state index >= 15 is 0 Å². The maximum atomic E-state index is 10.6. The molecule has 0 saturated carbocycles. The molecule has 1 rings (SSSR count). The first-order valence-electron chi connectivity index (χ1n) is 5.23. The molecule has 0 amide bonds. The zero-order valence-electron chi connectivity index (χ0n) is 9.63. The summed E-state index contributed by atoms with van der Waals surface area (Å²) in [5.74, 6) is 0. The topological polar surface area (TPSA) is 103 Å². The Morgan fingerprint density at radius 1 is 1.41 bits per heavy atom. The van der Waals surface area contributed by atoms with Crippen molar-refractivity contribution in [3.63, 3.8) is 0 Å². The normalized spacial score (nSPS) is 11.8. The molecule has 0 unspecified atom stereocenters. The van der Waals surface area contributed by atoms with Crippen LogP contribution >= 0.6 is 7.60 Å². The van der Waals surface area contributed by atoms with E-state index in [9.17, 15) is 4.57 Å². The van der Waals surface area contributed by atoms with Crippen molar-refractivity contribution in [3.05, 3.63) is 29.1 Å². The van der Waals surface area contributed by atoms with Crippen molar-refractivity contribution >= 4 is 7.60 Å². The Bertz CT molecular complexity index is 419. The highest BCUT2D eigenvalue weighted by Crippen LogP contribution is 2.32. The van der Waals surface area contributed by atoms with Crippen LogP contribution in [0.3, 0.4) is 0 Å². The SMILES string of the molecule is Cc1cc(CO)c(CNCCP(=O)(O)O)cn1. The first-order valence-corrected chi connectivity index (χ1v) is 7.02. The fourth-order valence-electron chi connectivity index (χ4n) is 1.40. The second-order valence-electron chi connectivity index (χ2n) is 3.82. The van der Waals surface area contributed by atoms with Crippen LogP contribution in [0.25, 0.3) is 0 Å². The summed E-state index contributed by atoms with van der Waals surface area (Å²) in [4.78, 5) is 21.5. The molecular weight excluding hydrogens is 243 g/mol. The molecule has 0 radical (unpaired) electrons. The van der Waals surface area contributed by atoms with Crippen LogP contribution in [-0.4, -0.2) is 32.6 Å². The highest BCUT2D eigenvalue weighted by atomic mass is 31.2. The van der Waals surface area contributed by atoms with Crippen molar-refractivity contribution in [1.82, 2.24) is 10.3 Å². The molecule has 0 aromatic carbocycles. The van der Waals surface area contributed by atoms with Crippen LogP contribution in [0.1, 0.15) is 16.8 Å². The number of aliphatic hydroxyl groups is 1. The highest BCUT2D eigenvalue weighted by Gasteiger charge is 2.11. The first-order chi connectivity index (χ1) is 7.92. The van der Waals surface area contributed by atoms with Crippen molar-refractivity contribution in [2.75, 3.05) is 12.7 Å². The van der Waals surface area contributed by atoms with Crippen LogP contribution in [0.5, 0.6) is 0 Å². The molecule has 0 aliphatic rings. The fourth-order valence-corrected chi connectivity index (χ4v) is 1.85. The maximum Gasteiger partial charge on any atom is 0.326 e. The largest absolute Gasteiger partial charge is 0.392 e. The Kier molecular flexibility index (Phi) is 5.24. The Morgan fingerprint density at radius 2 is 2.12 bits per heavy atom. The highest BCUT2D eigenvalue weighted by molar-refractivity contribution is 7.51. The van der Waals surface area contributed by atoms with E-state index < -0.39 is 7.60 Å². The fraction of sp³-hybridized carbons (Fsp3) is 0.500. The standard InChI is InChI=1S/C10H17N2O4P/c1-8-4-9(7-13)10(6-12-8)5-11-2-3-17(14,15)16/h4,6,11,13H,2-3,5,7H2,1H3,(H2,14,15,16). The van der Waals surface area contributed by atoms with Gasteiger partial charge in [0.15, 0.2) is 0 Å². The number of hydrogen-bond acceptors (Lipinski definition) is 4. The van der Waals surface area contributed by atoms with Crippen molar-refractivity contribution < 1.29 is 19.5 Å². The predicted molar refractivity (Wildman–Crippen MR) is 63.5 cm³/mol. The molecule has 4 N–H and O–H groups in total. The van der Waals surface area contributed by atoms with Crippen LogP contribution in [0.2, 0.25) is 0 Å². The number of nitrogens with zero attached hydrogens (tertiary/aromatic N) is 1. The van der Waals surface area contributed by atoms with Gasteiger partial charge in [-0.2, -0.15) is 0 Å². The quantitative estimate of drug-likeness (QED) is 0.429. The van der Waals surface area contributed by atoms with Gasteiger partial charge in [0.05, 0.1) is 12.8 Å². The van der Waals surface area contributed by atoms with Crippen LogP contribution < -0.4 is 5.32 Å². The molecule has 1 aromatic heterocycles. The molecule has 96 valence electrons. The summed E-state index contributed by atoms with van der Waals surface area (Å²) < 4.78 is 10.6. The van der Waals surface area contributed by atoms with Crippen LogP contribution in [0, 0.1) is 6.92 Å². The first kappa shape index (κ1) is 14.3. The lowest BCUT2D eigenvalue weighted by Gasteiger charge is -2.09. The smallest absolute Gasteiger partial charge is 0.326 e. The Labute approximate surface area is 99.9 Å². The molecule has 17 heavy (non-hydrogen) atoms. The van der Waals surface area contributed by atoms with E-state index in [2.05, 4.69) is 10.3 Å². The Hall–Kier alpha value is -0.780. The number of aromatic nitrogens is 1. The zero-order chi connectivity index (χ0) is 12.9. The number of aliphatic hydroxyl groups excluding tert-OH is 1. The van der Waals surface area contributed by atoms with Gasteiger partial charge in [-0.15, -0.1) is 0 Å². The molecule has 0 bridgehead atoms. The number of rotatable bonds is 6. The average molecular weight is 260 g/mol. The van der Waals surface area contributed by atoms with Gasteiger partial charge in [0, 0.05) is 25.0 Å². The lowest BCUT2D eigenvalue weighted by Crippen LogP contribution is -2.19. The van der Waals surface area contributed by atoms with Gasteiger partial charge in [-0.05, 0) is 24.1 Å². The summed E-state index contributed by atoms with van der Waals surface area (Å²) in [6.07, 6.45) is 1.46. The summed E-state index contributed by atoms with van der Waals surface area (Å²) in [6.45, 7) is 2.43. The van der Waals surface area contributed by atoms with E-state index in [-0.39, 0.29) is 19.3 Å². The summed E-state index contributed by atoms with van der Waals surface area (Å²) >= 11 is 0. The van der Waals surface area contributed by atoms with E-state index in [0.29, 0.717) is 6.54 Å². The monoisotopic (exact) mass is 260 g/mol. The zero-order valence-corrected chi connectivity index (χ0v) is 10.5. The molecule has 7 heteroatoms. The van der Waals surface area contributed by atoms with Crippen LogP contribution in [0.15, 0.2) is 12.3 Å². The molecule has 1 heterocycles. The third-order valence-corrected chi connectivity index (χ3v) is 3.09. The number of nitrogens with one attached hydrogen (secondary N) is 1. The lowest BCUT2D eigenvalue weighted by atomic mass is 10.1. The summed E-state index contributed by atoms with van der Waals surface area (Å²) in [5.41, 5.74) is 2.44. The van der Waals surface area contributed by atoms with Gasteiger partial charge >= 0.3 is 7.60 Å². The van der Waals surface area contributed by atoms with Crippen LogP contribution in [-0.2, 0) is 17.7 Å². The van der Waals surface area contributed by atoms with Crippen molar-refractivity contribution in [2.45, 2.75) is 20.1 Å². The van der Waals surface area contributed by atoms with E-state index in [1.807, 2.05) is 6.92 Å². The minimum atomic E-state index is -3.94. The minimum absolute atomic E-state index is 0.0706. The predicted octanol–water partition coefficient (Wildman–Crippen LogP) is 0.150.